The highest BCUT2D eigenvalue weighted by atomic mass is 35.5. The molecule has 0 aromatic rings. The predicted molar refractivity (Wildman–Crippen MR) is 25.9 cm³/mol. The second kappa shape index (κ2) is 2.48. The summed E-state index contributed by atoms with van der Waals surface area (Å²) in [5.41, 5.74) is 0. The lowest BCUT2D eigenvalue weighted by molar-refractivity contribution is 0.396. The fourth-order valence-corrected chi connectivity index (χ4v) is 0.191. The van der Waals surface area contributed by atoms with Crippen LogP contribution >= 0.6 is 23.2 Å². The van der Waals surface area contributed by atoms with E-state index in [2.05, 4.69) is 23.2 Å². The molecule has 0 aliphatic rings. The number of rotatable bonds is 2. The summed E-state index contributed by atoms with van der Waals surface area (Å²) in [4.78, 5) is 9.29. The van der Waals surface area contributed by atoms with Gasteiger partial charge < -0.3 is 0 Å². The van der Waals surface area contributed by atoms with Crippen molar-refractivity contribution in [2.45, 2.75) is 11.0 Å². The Morgan fingerprint density at radius 3 is 2.14 bits per heavy atom. The zero-order valence-electron chi connectivity index (χ0n) is 3.25. The minimum Gasteiger partial charge on any atom is -0.291 e. The molecule has 0 aromatic heterocycles. The topological polar surface area (TPSA) is 17.1 Å². The Kier molecular flexibility index (Phi) is 2.54. The van der Waals surface area contributed by atoms with Crippen molar-refractivity contribution in [3.63, 3.8) is 0 Å². The van der Waals surface area contributed by atoms with Gasteiger partial charge in [0, 0.05) is 0 Å². The first-order valence-corrected chi connectivity index (χ1v) is 2.23. The van der Waals surface area contributed by atoms with Gasteiger partial charge in [-0.15, -0.1) is 0 Å². The normalized spacial score (nSPS) is 11.3. The lowest BCUT2D eigenvalue weighted by Crippen LogP contribution is -2.02. The van der Waals surface area contributed by atoms with E-state index in [0.717, 1.165) is 0 Å². The van der Waals surface area contributed by atoms with Crippen molar-refractivity contribution in [2.75, 3.05) is 0 Å². The first kappa shape index (κ1) is 7.18. The molecule has 1 nitrogen and oxygen atoms in total. The van der Waals surface area contributed by atoms with Gasteiger partial charge in [-0.05, 0) is 0 Å². The van der Waals surface area contributed by atoms with E-state index < -0.39 is 11.0 Å². The maximum absolute atomic E-state index is 11.7. The maximum Gasteiger partial charge on any atom is 0.264 e. The van der Waals surface area contributed by atoms with Gasteiger partial charge in [0.2, 0.25) is 6.29 Å². The lowest BCUT2D eigenvalue weighted by atomic mass is 10.5. The Labute approximate surface area is 50.4 Å². The van der Waals surface area contributed by atoms with E-state index in [9.17, 15) is 9.18 Å². The second-order valence-electron chi connectivity index (χ2n) is 0.936. The fourth-order valence-electron chi connectivity index (χ4n) is 0.0818. The molecular formula is C3H2Cl2FO. The molecule has 0 rings (SSSR count). The molecule has 41 valence electrons. The SMILES string of the molecule is O=[C]CC(F)(Cl)Cl. The summed E-state index contributed by atoms with van der Waals surface area (Å²) in [5, 5.41) is 0. The van der Waals surface area contributed by atoms with Gasteiger partial charge in [0.1, 0.15) is 0 Å². The van der Waals surface area contributed by atoms with Gasteiger partial charge in [-0.3, -0.25) is 4.79 Å². The molecule has 0 bridgehead atoms. The highest BCUT2D eigenvalue weighted by Crippen LogP contribution is 2.24. The van der Waals surface area contributed by atoms with Crippen LogP contribution < -0.4 is 0 Å². The summed E-state index contributed by atoms with van der Waals surface area (Å²) in [5.74, 6) is 0. The summed E-state index contributed by atoms with van der Waals surface area (Å²) < 4.78 is 9.23. The summed E-state index contributed by atoms with van der Waals surface area (Å²) in [7, 11) is 0. The van der Waals surface area contributed by atoms with Crippen molar-refractivity contribution in [2.24, 2.45) is 0 Å². The van der Waals surface area contributed by atoms with Crippen LogP contribution in [0.15, 0.2) is 0 Å². The molecule has 0 N–H and O–H groups in total. The number of hydrogen-bond donors (Lipinski definition) is 0. The van der Waals surface area contributed by atoms with E-state index in [-0.39, 0.29) is 0 Å². The van der Waals surface area contributed by atoms with Crippen LogP contribution in [0, 0.1) is 0 Å². The van der Waals surface area contributed by atoms with Crippen LogP contribution in [0.5, 0.6) is 0 Å². The molecule has 4 heteroatoms. The zero-order valence-corrected chi connectivity index (χ0v) is 4.76. The van der Waals surface area contributed by atoms with E-state index in [0.29, 0.717) is 0 Å². The molecule has 0 saturated heterocycles. The molecule has 0 atom stereocenters. The van der Waals surface area contributed by atoms with E-state index in [4.69, 9.17) is 0 Å². The first-order chi connectivity index (χ1) is 3.06. The van der Waals surface area contributed by atoms with Gasteiger partial charge in [-0.1, -0.05) is 23.2 Å². The Balaban J connectivity index is 3.34. The van der Waals surface area contributed by atoms with Crippen molar-refractivity contribution < 1.29 is 9.18 Å². The van der Waals surface area contributed by atoms with Gasteiger partial charge in [0.05, 0.1) is 6.42 Å². The predicted octanol–water partition coefficient (Wildman–Crippen LogP) is 1.59. The Hall–Kier alpha value is 0.180. The molecule has 0 aliphatic heterocycles. The van der Waals surface area contributed by atoms with Gasteiger partial charge >= 0.3 is 0 Å². The molecule has 0 heterocycles. The smallest absolute Gasteiger partial charge is 0.264 e. The maximum atomic E-state index is 11.7. The monoisotopic (exact) mass is 143 g/mol. The van der Waals surface area contributed by atoms with Crippen molar-refractivity contribution in [3.05, 3.63) is 0 Å². The minimum absolute atomic E-state index is 0.601. The second-order valence-corrected chi connectivity index (χ2v) is 2.33. The number of alkyl halides is 3. The molecule has 0 saturated carbocycles. The van der Waals surface area contributed by atoms with Crippen LogP contribution in [0.3, 0.4) is 0 Å². The highest BCUT2D eigenvalue weighted by Gasteiger charge is 2.20. The van der Waals surface area contributed by atoms with E-state index in [1.165, 1.54) is 6.29 Å². The third-order valence-electron chi connectivity index (χ3n) is 0.273. The largest absolute Gasteiger partial charge is 0.291 e. The molecule has 0 amide bonds. The summed E-state index contributed by atoms with van der Waals surface area (Å²) in [6.45, 7) is 0. The molecule has 0 fully saturated rings. The molecule has 0 spiro atoms. The molecule has 1 radical (unpaired) electrons. The van der Waals surface area contributed by atoms with Crippen LogP contribution in [-0.4, -0.2) is 10.9 Å². The molecular weight excluding hydrogens is 142 g/mol. The zero-order chi connectivity index (χ0) is 5.91. The van der Waals surface area contributed by atoms with Crippen LogP contribution in [0.2, 0.25) is 0 Å². The Bertz CT molecular complexity index is 67.8. The summed E-state index contributed by atoms with van der Waals surface area (Å²) in [6, 6.07) is 0. The Morgan fingerprint density at radius 2 is 2.14 bits per heavy atom. The van der Waals surface area contributed by atoms with Crippen molar-refractivity contribution in [3.8, 4) is 0 Å². The van der Waals surface area contributed by atoms with Crippen LogP contribution in [0.4, 0.5) is 4.39 Å². The van der Waals surface area contributed by atoms with Crippen LogP contribution in [0.1, 0.15) is 6.42 Å². The first-order valence-electron chi connectivity index (χ1n) is 1.48. The molecule has 0 aromatic carbocycles. The highest BCUT2D eigenvalue weighted by molar-refractivity contribution is 6.47. The standard InChI is InChI=1S/C3H2Cl2FO/c4-3(5,6)1-2-7/h1H2. The van der Waals surface area contributed by atoms with E-state index in [1.54, 1.807) is 0 Å². The van der Waals surface area contributed by atoms with E-state index in [1.807, 2.05) is 0 Å². The van der Waals surface area contributed by atoms with Crippen molar-refractivity contribution >= 4 is 29.5 Å². The molecule has 0 unspecified atom stereocenters. The third kappa shape index (κ3) is 6.18. The lowest BCUT2D eigenvalue weighted by Gasteiger charge is -1.99. The van der Waals surface area contributed by atoms with Gasteiger partial charge in [-0.25, -0.2) is 4.39 Å². The average molecular weight is 144 g/mol. The summed E-state index contributed by atoms with van der Waals surface area (Å²) in [6.07, 6.45) is 0.618. The number of carbonyl (C=O) groups excluding carboxylic acids is 1. The average Bonchev–Trinajstić information content (AvgIpc) is 1.30. The molecule has 0 aliphatic carbocycles. The molecule has 7 heavy (non-hydrogen) atoms. The van der Waals surface area contributed by atoms with Crippen molar-refractivity contribution in [1.82, 2.24) is 0 Å². The van der Waals surface area contributed by atoms with E-state index >= 15 is 0 Å². The fraction of sp³-hybridized carbons (Fsp3) is 0.667. The third-order valence-corrected chi connectivity index (χ3v) is 0.540. The number of halogens is 3. The van der Waals surface area contributed by atoms with Gasteiger partial charge in [-0.2, -0.15) is 0 Å². The number of hydrogen-bond acceptors (Lipinski definition) is 1. The van der Waals surface area contributed by atoms with Crippen LogP contribution in [0.25, 0.3) is 0 Å². The minimum atomic E-state index is -2.43. The quantitative estimate of drug-likeness (QED) is 0.537. The summed E-state index contributed by atoms with van der Waals surface area (Å²) >= 11 is 9.34. The van der Waals surface area contributed by atoms with Crippen LogP contribution in [-0.2, 0) is 4.79 Å². The Morgan fingerprint density at radius 1 is 1.71 bits per heavy atom. The van der Waals surface area contributed by atoms with Gasteiger partial charge in [0.25, 0.3) is 4.59 Å². The van der Waals surface area contributed by atoms with Gasteiger partial charge in [0.15, 0.2) is 0 Å². The van der Waals surface area contributed by atoms with Crippen molar-refractivity contribution in [1.29, 1.82) is 0 Å².